The second-order valence-electron chi connectivity index (χ2n) is 4.00. The molecule has 0 bridgehead atoms. The molecule has 1 aromatic carbocycles. The molecule has 2 N–H and O–H groups in total. The lowest BCUT2D eigenvalue weighted by Crippen LogP contribution is -2.13. The van der Waals surface area contributed by atoms with Crippen molar-refractivity contribution in [1.29, 1.82) is 5.26 Å². The lowest BCUT2D eigenvalue weighted by atomic mass is 10.2. The Morgan fingerprint density at radius 2 is 2.00 bits per heavy atom. The van der Waals surface area contributed by atoms with E-state index in [1.54, 1.807) is 6.07 Å². The van der Waals surface area contributed by atoms with Gasteiger partial charge >= 0.3 is 5.97 Å². The molecular weight excluding hydrogens is 348 g/mol. The van der Waals surface area contributed by atoms with Gasteiger partial charge in [0.2, 0.25) is 0 Å². The number of ether oxygens (including phenoxy) is 1. The van der Waals surface area contributed by atoms with Gasteiger partial charge in [-0.15, -0.1) is 0 Å². The van der Waals surface area contributed by atoms with Crippen molar-refractivity contribution in [3.63, 3.8) is 0 Å². The van der Waals surface area contributed by atoms with Crippen LogP contribution in [-0.2, 0) is 4.74 Å². The minimum absolute atomic E-state index is 0.0860. The molecule has 21 heavy (non-hydrogen) atoms. The Morgan fingerprint density at radius 1 is 1.43 bits per heavy atom. The molecule has 0 fully saturated rings. The standard InChI is InChI=1S/C13H8BrF2N3O2/c1-21-13(20)12-10(18)6(4-17)5-19(12)11-8(15)2-7(14)3-9(11)16/h2-3,5H,18H2,1H3. The van der Waals surface area contributed by atoms with E-state index in [0.717, 1.165) is 30.0 Å². The topological polar surface area (TPSA) is 81.0 Å². The first-order valence-corrected chi connectivity index (χ1v) is 6.34. The lowest BCUT2D eigenvalue weighted by Gasteiger charge is -2.10. The van der Waals surface area contributed by atoms with Crippen LogP contribution in [0.5, 0.6) is 0 Å². The highest BCUT2D eigenvalue weighted by molar-refractivity contribution is 9.10. The van der Waals surface area contributed by atoms with Gasteiger partial charge in [0, 0.05) is 10.7 Å². The third-order valence-electron chi connectivity index (χ3n) is 2.77. The van der Waals surface area contributed by atoms with Crippen molar-refractivity contribution < 1.29 is 18.3 Å². The van der Waals surface area contributed by atoms with Gasteiger partial charge in [0.15, 0.2) is 17.3 Å². The van der Waals surface area contributed by atoms with E-state index in [1.807, 2.05) is 0 Å². The number of halogens is 3. The Labute approximate surface area is 126 Å². The van der Waals surface area contributed by atoms with Crippen molar-refractivity contribution in [3.8, 4) is 11.8 Å². The summed E-state index contributed by atoms with van der Waals surface area (Å²) in [5, 5.41) is 8.95. The highest BCUT2D eigenvalue weighted by Gasteiger charge is 2.25. The minimum atomic E-state index is -0.925. The van der Waals surface area contributed by atoms with E-state index >= 15 is 0 Å². The van der Waals surface area contributed by atoms with Crippen molar-refractivity contribution in [2.45, 2.75) is 0 Å². The maximum atomic E-state index is 14.0. The fourth-order valence-corrected chi connectivity index (χ4v) is 2.26. The zero-order valence-electron chi connectivity index (χ0n) is 10.7. The number of nitrogens with zero attached hydrogens (tertiary/aromatic N) is 2. The van der Waals surface area contributed by atoms with E-state index in [4.69, 9.17) is 11.0 Å². The fourth-order valence-electron chi connectivity index (χ4n) is 1.86. The molecule has 0 atom stereocenters. The van der Waals surface area contributed by atoms with Crippen LogP contribution < -0.4 is 5.73 Å². The van der Waals surface area contributed by atoms with Gasteiger partial charge in [-0.25, -0.2) is 13.6 Å². The number of hydrogen-bond donors (Lipinski definition) is 1. The molecule has 108 valence electrons. The summed E-state index contributed by atoms with van der Waals surface area (Å²) in [7, 11) is 1.10. The Morgan fingerprint density at radius 3 is 2.48 bits per heavy atom. The average Bonchev–Trinajstić information content (AvgIpc) is 2.73. The molecule has 1 heterocycles. The second kappa shape index (κ2) is 5.54. The summed E-state index contributed by atoms with van der Waals surface area (Å²) in [6.07, 6.45) is 1.08. The summed E-state index contributed by atoms with van der Waals surface area (Å²) in [4.78, 5) is 11.8. The molecule has 0 spiro atoms. The smallest absolute Gasteiger partial charge is 0.357 e. The molecule has 5 nitrogen and oxygen atoms in total. The lowest BCUT2D eigenvalue weighted by molar-refractivity contribution is 0.0593. The number of carbonyl (C=O) groups is 1. The molecule has 0 aliphatic carbocycles. The third kappa shape index (κ3) is 2.48. The van der Waals surface area contributed by atoms with E-state index in [0.29, 0.717) is 0 Å². The van der Waals surface area contributed by atoms with Crippen LogP contribution in [0.2, 0.25) is 0 Å². The second-order valence-corrected chi connectivity index (χ2v) is 4.91. The highest BCUT2D eigenvalue weighted by Crippen LogP contribution is 2.29. The summed E-state index contributed by atoms with van der Waals surface area (Å²) in [5.74, 6) is -2.76. The number of carbonyl (C=O) groups excluding carboxylic acids is 1. The normalized spacial score (nSPS) is 10.2. The van der Waals surface area contributed by atoms with Crippen molar-refractivity contribution in [2.75, 3.05) is 12.8 Å². The average molecular weight is 356 g/mol. The predicted octanol–water partition coefficient (Wildman–Crippen LogP) is 2.76. The molecule has 8 heteroatoms. The Bertz CT molecular complexity index is 757. The number of nitrogen functional groups attached to an aromatic ring is 1. The summed E-state index contributed by atoms with van der Waals surface area (Å²) in [6, 6.07) is 3.81. The molecule has 2 aromatic rings. The van der Waals surface area contributed by atoms with Gasteiger partial charge in [0.05, 0.1) is 18.4 Å². The molecule has 0 aliphatic rings. The Balaban J connectivity index is 2.82. The molecule has 0 amide bonds. The van der Waals surface area contributed by atoms with Gasteiger partial charge in [-0.3, -0.25) is 0 Å². The summed E-state index contributed by atoms with van der Waals surface area (Å²) < 4.78 is 33.7. The molecule has 0 unspecified atom stereocenters. The maximum absolute atomic E-state index is 14.0. The molecule has 0 aliphatic heterocycles. The van der Waals surface area contributed by atoms with Crippen LogP contribution in [0.3, 0.4) is 0 Å². The van der Waals surface area contributed by atoms with Gasteiger partial charge in [-0.2, -0.15) is 5.26 Å². The number of esters is 1. The van der Waals surface area contributed by atoms with Crippen LogP contribution in [0.25, 0.3) is 5.69 Å². The van der Waals surface area contributed by atoms with Crippen molar-refractivity contribution in [2.24, 2.45) is 0 Å². The summed E-state index contributed by atoms with van der Waals surface area (Å²) >= 11 is 2.96. The zero-order valence-corrected chi connectivity index (χ0v) is 12.2. The third-order valence-corrected chi connectivity index (χ3v) is 3.22. The summed E-state index contributed by atoms with van der Waals surface area (Å²) in [5.41, 5.74) is 4.54. The van der Waals surface area contributed by atoms with Crippen molar-refractivity contribution in [3.05, 3.63) is 45.7 Å². The molecule has 0 saturated heterocycles. The van der Waals surface area contributed by atoms with E-state index in [9.17, 15) is 13.6 Å². The van der Waals surface area contributed by atoms with Gasteiger partial charge in [-0.1, -0.05) is 15.9 Å². The van der Waals surface area contributed by atoms with Crippen LogP contribution in [-0.4, -0.2) is 17.6 Å². The molecule has 0 radical (unpaired) electrons. The highest BCUT2D eigenvalue weighted by atomic mass is 79.9. The molecule has 1 aromatic heterocycles. The van der Waals surface area contributed by atoms with E-state index in [2.05, 4.69) is 20.7 Å². The van der Waals surface area contributed by atoms with Crippen LogP contribution in [0.4, 0.5) is 14.5 Å². The van der Waals surface area contributed by atoms with Crippen LogP contribution in [0.1, 0.15) is 16.1 Å². The molecular formula is C13H8BrF2N3O2. The Kier molecular flexibility index (Phi) is 3.95. The fraction of sp³-hybridized carbons (Fsp3) is 0.0769. The first kappa shape index (κ1) is 15.0. The number of rotatable bonds is 2. The minimum Gasteiger partial charge on any atom is -0.464 e. The van der Waals surface area contributed by atoms with Gasteiger partial charge in [0.25, 0.3) is 0 Å². The zero-order chi connectivity index (χ0) is 15.7. The van der Waals surface area contributed by atoms with E-state index in [-0.39, 0.29) is 21.4 Å². The number of methoxy groups -OCH3 is 1. The van der Waals surface area contributed by atoms with E-state index in [1.165, 1.54) is 0 Å². The number of benzene rings is 1. The predicted molar refractivity (Wildman–Crippen MR) is 73.9 cm³/mol. The van der Waals surface area contributed by atoms with E-state index < -0.39 is 23.3 Å². The number of hydrogen-bond acceptors (Lipinski definition) is 4. The molecule has 0 saturated carbocycles. The number of aromatic nitrogens is 1. The largest absolute Gasteiger partial charge is 0.464 e. The van der Waals surface area contributed by atoms with Gasteiger partial charge < -0.3 is 15.0 Å². The van der Waals surface area contributed by atoms with Crippen molar-refractivity contribution in [1.82, 2.24) is 4.57 Å². The Hall–Kier alpha value is -2.40. The first-order valence-electron chi connectivity index (χ1n) is 5.54. The molecule has 2 rings (SSSR count). The SMILES string of the molecule is COC(=O)c1c(N)c(C#N)cn1-c1c(F)cc(Br)cc1F. The van der Waals surface area contributed by atoms with Crippen molar-refractivity contribution >= 4 is 27.6 Å². The summed E-state index contributed by atoms with van der Waals surface area (Å²) in [6.45, 7) is 0. The monoisotopic (exact) mass is 355 g/mol. The first-order chi connectivity index (χ1) is 9.90. The van der Waals surface area contributed by atoms with Crippen LogP contribution in [0, 0.1) is 23.0 Å². The van der Waals surface area contributed by atoms with Gasteiger partial charge in [-0.05, 0) is 12.1 Å². The van der Waals surface area contributed by atoms with Crippen LogP contribution in [0.15, 0.2) is 22.8 Å². The number of nitriles is 1. The number of anilines is 1. The van der Waals surface area contributed by atoms with Crippen LogP contribution >= 0.6 is 15.9 Å². The quantitative estimate of drug-likeness (QED) is 0.839. The van der Waals surface area contributed by atoms with Gasteiger partial charge in [0.1, 0.15) is 11.8 Å². The number of nitrogens with two attached hydrogens (primary N) is 1. The maximum Gasteiger partial charge on any atom is 0.357 e.